The molecule has 4 nitrogen and oxygen atoms in total. The minimum Gasteiger partial charge on any atom is -0.353 e. The molecule has 25 heavy (non-hydrogen) atoms. The van der Waals surface area contributed by atoms with Crippen LogP contribution in [0.25, 0.3) is 6.08 Å². The lowest BCUT2D eigenvalue weighted by Gasteiger charge is -2.36. The van der Waals surface area contributed by atoms with Gasteiger partial charge in [0.25, 0.3) is 0 Å². The Bertz CT molecular complexity index is 657. The van der Waals surface area contributed by atoms with Crippen molar-refractivity contribution in [3.8, 4) is 0 Å². The van der Waals surface area contributed by atoms with Crippen LogP contribution in [0.5, 0.6) is 0 Å². The van der Waals surface area contributed by atoms with Crippen molar-refractivity contribution in [3.05, 3.63) is 35.9 Å². The molecule has 0 bridgehead atoms. The highest BCUT2D eigenvalue weighted by Gasteiger charge is 2.34. The highest BCUT2D eigenvalue weighted by atomic mass is 32.2. The van der Waals surface area contributed by atoms with Gasteiger partial charge >= 0.3 is 5.51 Å². The number of halogens is 3. The second-order valence-electron chi connectivity index (χ2n) is 5.96. The summed E-state index contributed by atoms with van der Waals surface area (Å²) in [6.45, 7) is 4.58. The molecule has 0 aliphatic carbocycles. The molecule has 1 saturated heterocycles. The van der Waals surface area contributed by atoms with Crippen molar-refractivity contribution in [2.24, 2.45) is 5.92 Å². The minimum absolute atomic E-state index is 0.0173. The summed E-state index contributed by atoms with van der Waals surface area (Å²) in [6.07, 6.45) is 2.88. The van der Waals surface area contributed by atoms with E-state index in [1.165, 1.54) is 41.3 Å². The number of thioether (sulfide) groups is 1. The van der Waals surface area contributed by atoms with Crippen molar-refractivity contribution < 1.29 is 22.8 Å². The van der Waals surface area contributed by atoms with Gasteiger partial charge in [0.05, 0.1) is 0 Å². The normalized spacial score (nSPS) is 18.7. The van der Waals surface area contributed by atoms with Crippen molar-refractivity contribution in [3.63, 3.8) is 0 Å². The molecule has 1 aliphatic heterocycles. The SMILES string of the molecule is CC(C)C1C(=O)NCCN1C(=O)/C=C/c1ccc(SC(F)(F)F)cc1. The van der Waals surface area contributed by atoms with Gasteiger partial charge in [0.15, 0.2) is 0 Å². The zero-order chi connectivity index (χ0) is 18.6. The standard InChI is InChI=1S/C17H19F3N2O2S/c1-11(2)15-16(24)21-9-10-22(15)14(23)8-5-12-3-6-13(7-4-12)25-17(18,19)20/h3-8,11,15H,9-10H2,1-2H3,(H,21,24)/b8-5+. The number of alkyl halides is 3. The fraction of sp³-hybridized carbons (Fsp3) is 0.412. The zero-order valence-electron chi connectivity index (χ0n) is 13.8. The Balaban J connectivity index is 2.05. The largest absolute Gasteiger partial charge is 0.446 e. The molecule has 1 heterocycles. The van der Waals surface area contributed by atoms with Gasteiger partial charge in [-0.15, -0.1) is 0 Å². The Morgan fingerprint density at radius 1 is 1.32 bits per heavy atom. The number of benzene rings is 1. The first kappa shape index (κ1) is 19.4. The molecular weight excluding hydrogens is 353 g/mol. The van der Waals surface area contributed by atoms with E-state index in [2.05, 4.69) is 5.32 Å². The summed E-state index contributed by atoms with van der Waals surface area (Å²) < 4.78 is 36.9. The second-order valence-corrected chi connectivity index (χ2v) is 7.10. The third-order valence-electron chi connectivity index (χ3n) is 3.70. The molecular formula is C17H19F3N2O2S. The number of rotatable bonds is 4. The third kappa shape index (κ3) is 5.52. The van der Waals surface area contributed by atoms with Crippen molar-refractivity contribution in [2.75, 3.05) is 13.1 Å². The molecule has 1 aromatic rings. The van der Waals surface area contributed by atoms with Crippen molar-refractivity contribution in [1.29, 1.82) is 0 Å². The van der Waals surface area contributed by atoms with Gasteiger partial charge in [-0.3, -0.25) is 9.59 Å². The monoisotopic (exact) mass is 372 g/mol. The van der Waals surface area contributed by atoms with E-state index in [0.29, 0.717) is 18.7 Å². The van der Waals surface area contributed by atoms with Crippen LogP contribution in [0.3, 0.4) is 0 Å². The number of amides is 2. The van der Waals surface area contributed by atoms with Crippen LogP contribution in [0, 0.1) is 5.92 Å². The van der Waals surface area contributed by atoms with Gasteiger partial charge in [0.2, 0.25) is 11.8 Å². The third-order valence-corrected chi connectivity index (χ3v) is 4.44. The van der Waals surface area contributed by atoms with Crippen LogP contribution in [0.1, 0.15) is 19.4 Å². The maximum atomic E-state index is 12.4. The predicted molar refractivity (Wildman–Crippen MR) is 90.7 cm³/mol. The molecule has 0 aromatic heterocycles. The van der Waals surface area contributed by atoms with Crippen LogP contribution < -0.4 is 5.32 Å². The number of hydrogen-bond donors (Lipinski definition) is 1. The fourth-order valence-corrected chi connectivity index (χ4v) is 3.18. The predicted octanol–water partition coefficient (Wildman–Crippen LogP) is 3.29. The molecule has 1 unspecified atom stereocenters. The molecule has 8 heteroatoms. The van der Waals surface area contributed by atoms with Crippen LogP contribution >= 0.6 is 11.8 Å². The van der Waals surface area contributed by atoms with E-state index in [-0.39, 0.29) is 34.4 Å². The van der Waals surface area contributed by atoms with Crippen LogP contribution in [-0.2, 0) is 9.59 Å². The van der Waals surface area contributed by atoms with Crippen LogP contribution in [-0.4, -0.2) is 41.4 Å². The van der Waals surface area contributed by atoms with Gasteiger partial charge in [0, 0.05) is 24.1 Å². The van der Waals surface area contributed by atoms with E-state index >= 15 is 0 Å². The smallest absolute Gasteiger partial charge is 0.353 e. The molecule has 1 aliphatic rings. The van der Waals surface area contributed by atoms with Gasteiger partial charge < -0.3 is 10.2 Å². The lowest BCUT2D eigenvalue weighted by Crippen LogP contribution is -2.58. The maximum Gasteiger partial charge on any atom is 0.446 e. The average Bonchev–Trinajstić information content (AvgIpc) is 2.51. The summed E-state index contributed by atoms with van der Waals surface area (Å²) in [5.74, 6) is -0.477. The Morgan fingerprint density at radius 3 is 2.52 bits per heavy atom. The second kappa shape index (κ2) is 7.95. The van der Waals surface area contributed by atoms with Gasteiger partial charge in [0.1, 0.15) is 6.04 Å². The molecule has 1 fully saturated rings. The van der Waals surface area contributed by atoms with Crippen LogP contribution in [0.4, 0.5) is 13.2 Å². The molecule has 0 radical (unpaired) electrons. The van der Waals surface area contributed by atoms with Crippen molar-refractivity contribution in [2.45, 2.75) is 30.3 Å². The molecule has 0 spiro atoms. The molecule has 2 amide bonds. The molecule has 1 N–H and O–H groups in total. The highest BCUT2D eigenvalue weighted by molar-refractivity contribution is 8.00. The summed E-state index contributed by atoms with van der Waals surface area (Å²) in [7, 11) is 0. The number of hydrogen-bond acceptors (Lipinski definition) is 3. The number of piperazine rings is 1. The lowest BCUT2D eigenvalue weighted by molar-refractivity contribution is -0.141. The summed E-state index contributed by atoms with van der Waals surface area (Å²) in [5, 5.41) is 2.75. The van der Waals surface area contributed by atoms with Crippen molar-refractivity contribution in [1.82, 2.24) is 10.2 Å². The van der Waals surface area contributed by atoms with Gasteiger partial charge in [-0.1, -0.05) is 26.0 Å². The first-order valence-corrected chi connectivity index (χ1v) is 8.61. The zero-order valence-corrected chi connectivity index (χ0v) is 14.7. The van der Waals surface area contributed by atoms with E-state index in [1.807, 2.05) is 13.8 Å². The fourth-order valence-electron chi connectivity index (χ4n) is 2.64. The van der Waals surface area contributed by atoms with E-state index in [0.717, 1.165) is 0 Å². The summed E-state index contributed by atoms with van der Waals surface area (Å²) in [4.78, 5) is 26.0. The summed E-state index contributed by atoms with van der Waals surface area (Å²) >= 11 is -0.183. The topological polar surface area (TPSA) is 49.4 Å². The Kier molecular flexibility index (Phi) is 6.16. The molecule has 136 valence electrons. The molecule has 0 saturated carbocycles. The Hall–Kier alpha value is -1.96. The average molecular weight is 372 g/mol. The quantitative estimate of drug-likeness (QED) is 0.652. The highest BCUT2D eigenvalue weighted by Crippen LogP contribution is 2.36. The van der Waals surface area contributed by atoms with E-state index in [4.69, 9.17) is 0 Å². The minimum atomic E-state index is -4.33. The first-order chi connectivity index (χ1) is 11.7. The van der Waals surface area contributed by atoms with Gasteiger partial charge in [-0.25, -0.2) is 0 Å². The molecule has 1 aromatic carbocycles. The van der Waals surface area contributed by atoms with Gasteiger partial charge in [-0.05, 0) is 41.5 Å². The van der Waals surface area contributed by atoms with Crippen molar-refractivity contribution >= 4 is 29.7 Å². The number of nitrogens with zero attached hydrogens (tertiary/aromatic N) is 1. The first-order valence-electron chi connectivity index (χ1n) is 7.79. The number of carbonyl (C=O) groups is 2. The van der Waals surface area contributed by atoms with E-state index < -0.39 is 11.6 Å². The number of nitrogens with one attached hydrogen (secondary N) is 1. The Morgan fingerprint density at radius 2 is 1.96 bits per heavy atom. The summed E-state index contributed by atoms with van der Waals surface area (Å²) in [5.41, 5.74) is -3.71. The van der Waals surface area contributed by atoms with Crippen LogP contribution in [0.15, 0.2) is 35.2 Å². The maximum absolute atomic E-state index is 12.4. The molecule has 2 rings (SSSR count). The van der Waals surface area contributed by atoms with E-state index in [9.17, 15) is 22.8 Å². The van der Waals surface area contributed by atoms with Crippen LogP contribution in [0.2, 0.25) is 0 Å². The number of carbonyl (C=O) groups excluding carboxylic acids is 2. The van der Waals surface area contributed by atoms with E-state index in [1.54, 1.807) is 0 Å². The lowest BCUT2D eigenvalue weighted by atomic mass is 9.99. The summed E-state index contributed by atoms with van der Waals surface area (Å²) in [6, 6.07) is 5.22. The Labute approximate surface area is 148 Å². The molecule has 1 atom stereocenters. The van der Waals surface area contributed by atoms with Gasteiger partial charge in [-0.2, -0.15) is 13.2 Å².